The van der Waals surface area contributed by atoms with Crippen molar-refractivity contribution in [2.24, 2.45) is 5.73 Å². The van der Waals surface area contributed by atoms with Crippen molar-refractivity contribution < 1.29 is 4.74 Å². The van der Waals surface area contributed by atoms with E-state index < -0.39 is 0 Å². The van der Waals surface area contributed by atoms with Gasteiger partial charge in [0.2, 0.25) is 5.65 Å². The number of piperidine rings is 1. The van der Waals surface area contributed by atoms with E-state index in [0.717, 1.165) is 50.4 Å². The number of rotatable bonds is 5. The van der Waals surface area contributed by atoms with E-state index in [0.29, 0.717) is 12.6 Å². The van der Waals surface area contributed by atoms with Gasteiger partial charge in [0.25, 0.3) is 0 Å². The first kappa shape index (κ1) is 13.3. The molecule has 0 bridgehead atoms. The van der Waals surface area contributed by atoms with Crippen LogP contribution < -0.4 is 10.6 Å². The fourth-order valence-corrected chi connectivity index (χ4v) is 2.54. The highest BCUT2D eigenvalue weighted by atomic mass is 16.5. The Morgan fingerprint density at radius 1 is 1.35 bits per heavy atom. The fourth-order valence-electron chi connectivity index (χ4n) is 2.54. The third kappa shape index (κ3) is 2.73. The summed E-state index contributed by atoms with van der Waals surface area (Å²) in [5.41, 5.74) is 6.29. The molecule has 2 aromatic rings. The standard InChI is InChI=1S/C13H20N6O/c14-4-1-9-20-11-2-6-18(7-3-11)12-13-17-16-10-19(13)8-5-15-12/h5,8,10-11H,1-4,6-7,9,14H2. The van der Waals surface area contributed by atoms with Crippen LogP contribution in [0.5, 0.6) is 0 Å². The minimum Gasteiger partial charge on any atom is -0.378 e. The quantitative estimate of drug-likeness (QED) is 0.799. The van der Waals surface area contributed by atoms with Crippen LogP contribution in [0.2, 0.25) is 0 Å². The highest BCUT2D eigenvalue weighted by Gasteiger charge is 2.22. The highest BCUT2D eigenvalue weighted by molar-refractivity contribution is 5.63. The molecule has 1 aliphatic rings. The lowest BCUT2D eigenvalue weighted by Gasteiger charge is -2.32. The number of fused-ring (bicyclic) bond motifs is 1. The highest BCUT2D eigenvalue weighted by Crippen LogP contribution is 2.22. The van der Waals surface area contributed by atoms with Crippen molar-refractivity contribution in [1.29, 1.82) is 0 Å². The Morgan fingerprint density at radius 2 is 2.20 bits per heavy atom. The molecule has 7 nitrogen and oxygen atoms in total. The van der Waals surface area contributed by atoms with Crippen molar-refractivity contribution in [2.75, 3.05) is 31.1 Å². The van der Waals surface area contributed by atoms with E-state index in [1.165, 1.54) is 0 Å². The monoisotopic (exact) mass is 276 g/mol. The molecule has 2 aromatic heterocycles. The van der Waals surface area contributed by atoms with Gasteiger partial charge in [-0.3, -0.25) is 4.40 Å². The number of nitrogens with zero attached hydrogens (tertiary/aromatic N) is 5. The van der Waals surface area contributed by atoms with E-state index in [1.807, 2.05) is 10.6 Å². The Kier molecular flexibility index (Phi) is 4.08. The zero-order chi connectivity index (χ0) is 13.8. The molecule has 0 spiro atoms. The maximum atomic E-state index is 5.82. The second-order valence-electron chi connectivity index (χ2n) is 5.01. The van der Waals surface area contributed by atoms with E-state index in [2.05, 4.69) is 20.1 Å². The molecular formula is C13H20N6O. The van der Waals surface area contributed by atoms with Crippen molar-refractivity contribution in [2.45, 2.75) is 25.4 Å². The molecule has 108 valence electrons. The van der Waals surface area contributed by atoms with Crippen molar-refractivity contribution in [3.05, 3.63) is 18.7 Å². The summed E-state index contributed by atoms with van der Waals surface area (Å²) in [4.78, 5) is 6.71. The first-order chi connectivity index (χ1) is 9.88. The van der Waals surface area contributed by atoms with Gasteiger partial charge in [-0.1, -0.05) is 0 Å². The summed E-state index contributed by atoms with van der Waals surface area (Å²) >= 11 is 0. The molecule has 1 fully saturated rings. The maximum Gasteiger partial charge on any atom is 0.203 e. The summed E-state index contributed by atoms with van der Waals surface area (Å²) in [6.07, 6.45) is 8.65. The number of hydrogen-bond donors (Lipinski definition) is 1. The number of nitrogens with two attached hydrogens (primary N) is 1. The van der Waals surface area contributed by atoms with Crippen LogP contribution in [0, 0.1) is 0 Å². The van der Waals surface area contributed by atoms with Gasteiger partial charge in [0, 0.05) is 32.1 Å². The Hall–Kier alpha value is -1.73. The fraction of sp³-hybridized carbons (Fsp3) is 0.615. The second-order valence-corrected chi connectivity index (χ2v) is 5.01. The molecule has 1 saturated heterocycles. The molecule has 0 aromatic carbocycles. The summed E-state index contributed by atoms with van der Waals surface area (Å²) in [6, 6.07) is 0. The summed E-state index contributed by atoms with van der Waals surface area (Å²) in [7, 11) is 0. The van der Waals surface area contributed by atoms with Crippen LogP contribution in [0.15, 0.2) is 18.7 Å². The van der Waals surface area contributed by atoms with Gasteiger partial charge < -0.3 is 15.4 Å². The zero-order valence-electron chi connectivity index (χ0n) is 11.5. The van der Waals surface area contributed by atoms with Crippen molar-refractivity contribution in [3.63, 3.8) is 0 Å². The molecule has 20 heavy (non-hydrogen) atoms. The van der Waals surface area contributed by atoms with Crippen molar-refractivity contribution in [1.82, 2.24) is 19.6 Å². The molecule has 7 heteroatoms. The van der Waals surface area contributed by atoms with Gasteiger partial charge in [-0.25, -0.2) is 4.98 Å². The van der Waals surface area contributed by atoms with Gasteiger partial charge in [-0.2, -0.15) is 0 Å². The van der Waals surface area contributed by atoms with Crippen LogP contribution in [0.1, 0.15) is 19.3 Å². The third-order valence-corrected chi connectivity index (χ3v) is 3.64. The molecule has 1 aliphatic heterocycles. The second kappa shape index (κ2) is 6.15. The molecule has 0 unspecified atom stereocenters. The van der Waals surface area contributed by atoms with Crippen molar-refractivity contribution in [3.8, 4) is 0 Å². The molecule has 0 saturated carbocycles. The van der Waals surface area contributed by atoms with Gasteiger partial charge in [-0.05, 0) is 25.8 Å². The van der Waals surface area contributed by atoms with Crippen LogP contribution in [0.3, 0.4) is 0 Å². The van der Waals surface area contributed by atoms with Gasteiger partial charge in [0.15, 0.2) is 5.82 Å². The van der Waals surface area contributed by atoms with Gasteiger partial charge in [0.1, 0.15) is 6.33 Å². The summed E-state index contributed by atoms with van der Waals surface area (Å²) in [5.74, 6) is 0.908. The lowest BCUT2D eigenvalue weighted by Crippen LogP contribution is -2.38. The van der Waals surface area contributed by atoms with Crippen LogP contribution in [-0.4, -0.2) is 51.9 Å². The van der Waals surface area contributed by atoms with Gasteiger partial charge in [0.05, 0.1) is 6.10 Å². The molecule has 0 radical (unpaired) electrons. The average Bonchev–Trinajstić information content (AvgIpc) is 2.97. The van der Waals surface area contributed by atoms with Crippen LogP contribution in [0.4, 0.5) is 5.82 Å². The number of hydrogen-bond acceptors (Lipinski definition) is 6. The van der Waals surface area contributed by atoms with Gasteiger partial charge in [-0.15, -0.1) is 10.2 Å². The van der Waals surface area contributed by atoms with Crippen LogP contribution in [-0.2, 0) is 4.74 Å². The SMILES string of the molecule is NCCCOC1CCN(c2nccn3cnnc23)CC1. The van der Waals surface area contributed by atoms with Gasteiger partial charge >= 0.3 is 0 Å². The van der Waals surface area contributed by atoms with E-state index in [9.17, 15) is 0 Å². The summed E-state index contributed by atoms with van der Waals surface area (Å²) in [5, 5.41) is 8.07. The van der Waals surface area contributed by atoms with E-state index in [-0.39, 0.29) is 0 Å². The molecule has 2 N–H and O–H groups in total. The van der Waals surface area contributed by atoms with Crippen molar-refractivity contribution >= 4 is 11.5 Å². The molecule has 0 amide bonds. The third-order valence-electron chi connectivity index (χ3n) is 3.64. The normalized spacial score (nSPS) is 16.9. The number of aromatic nitrogens is 4. The molecule has 0 aliphatic carbocycles. The number of ether oxygens (including phenoxy) is 1. The minimum atomic E-state index is 0.343. The topological polar surface area (TPSA) is 81.6 Å². The first-order valence-corrected chi connectivity index (χ1v) is 7.09. The zero-order valence-corrected chi connectivity index (χ0v) is 11.5. The molecule has 0 atom stereocenters. The maximum absolute atomic E-state index is 5.82. The Labute approximate surface area is 117 Å². The summed E-state index contributed by atoms with van der Waals surface area (Å²) < 4.78 is 7.71. The lowest BCUT2D eigenvalue weighted by molar-refractivity contribution is 0.0366. The Bertz CT molecular complexity index is 549. The van der Waals surface area contributed by atoms with E-state index in [1.54, 1.807) is 12.5 Å². The lowest BCUT2D eigenvalue weighted by atomic mass is 10.1. The largest absolute Gasteiger partial charge is 0.378 e. The molecule has 3 rings (SSSR count). The smallest absolute Gasteiger partial charge is 0.203 e. The average molecular weight is 276 g/mol. The van der Waals surface area contributed by atoms with Crippen LogP contribution in [0.25, 0.3) is 5.65 Å². The molecular weight excluding hydrogens is 256 g/mol. The predicted octanol–water partition coefficient (Wildman–Crippen LogP) is 0.458. The number of anilines is 1. The summed E-state index contributed by atoms with van der Waals surface area (Å²) in [6.45, 7) is 3.33. The van der Waals surface area contributed by atoms with Crippen LogP contribution >= 0.6 is 0 Å². The first-order valence-electron chi connectivity index (χ1n) is 7.09. The Balaban J connectivity index is 1.62. The molecule has 3 heterocycles. The Morgan fingerprint density at radius 3 is 3.00 bits per heavy atom. The van der Waals surface area contributed by atoms with E-state index >= 15 is 0 Å². The van der Waals surface area contributed by atoms with E-state index in [4.69, 9.17) is 10.5 Å². The predicted molar refractivity (Wildman–Crippen MR) is 75.6 cm³/mol. The minimum absolute atomic E-state index is 0.343.